The highest BCUT2D eigenvalue weighted by Gasteiger charge is 2.26. The zero-order valence-electron chi connectivity index (χ0n) is 15.1. The SMILES string of the molecule is BC(B)(B)N1CCN(Cc2c(OC)cc(C)c3[nH]ccc23)CC1. The normalized spacial score (nSPS) is 17.7. The second kappa shape index (κ2) is 6.29. The number of nitrogens with one attached hydrogen (secondary N) is 1. The Labute approximate surface area is 141 Å². The fourth-order valence-corrected chi connectivity index (χ4v) is 3.58. The Bertz CT molecular complexity index is 688. The molecule has 2 aromatic rings. The molecule has 1 aromatic carbocycles. The molecule has 0 radical (unpaired) electrons. The Hall–Kier alpha value is -1.33. The number of aromatic nitrogens is 1. The summed E-state index contributed by atoms with van der Waals surface area (Å²) in [6.45, 7) is 7.57. The first-order valence-corrected chi connectivity index (χ1v) is 8.51. The summed E-state index contributed by atoms with van der Waals surface area (Å²) < 4.78 is 5.67. The van der Waals surface area contributed by atoms with Gasteiger partial charge in [0, 0.05) is 55.4 Å². The number of methoxy groups -OCH3 is 1. The van der Waals surface area contributed by atoms with E-state index in [2.05, 4.69) is 57.4 Å². The lowest BCUT2D eigenvalue weighted by atomic mass is 9.48. The Morgan fingerprint density at radius 1 is 1.22 bits per heavy atom. The molecule has 4 nitrogen and oxygen atoms in total. The van der Waals surface area contributed by atoms with Crippen LogP contribution in [0.5, 0.6) is 5.75 Å². The molecule has 1 N–H and O–H groups in total. The van der Waals surface area contributed by atoms with Crippen molar-refractivity contribution in [2.75, 3.05) is 33.3 Å². The van der Waals surface area contributed by atoms with Gasteiger partial charge in [-0.1, -0.05) is 5.24 Å². The summed E-state index contributed by atoms with van der Waals surface area (Å²) in [5.74, 6) is 1.01. The van der Waals surface area contributed by atoms with Gasteiger partial charge in [0.25, 0.3) is 0 Å². The third-order valence-electron chi connectivity index (χ3n) is 5.03. The molecule has 0 aliphatic carbocycles. The average molecular weight is 309 g/mol. The van der Waals surface area contributed by atoms with Crippen LogP contribution in [0.15, 0.2) is 18.3 Å². The topological polar surface area (TPSA) is 31.5 Å². The molecular formula is C16H26B3N3O. The zero-order chi connectivity index (χ0) is 16.6. The van der Waals surface area contributed by atoms with E-state index in [1.807, 2.05) is 6.20 Å². The molecule has 0 unspecified atom stereocenters. The van der Waals surface area contributed by atoms with Crippen molar-refractivity contribution in [1.29, 1.82) is 0 Å². The van der Waals surface area contributed by atoms with Crippen molar-refractivity contribution in [3.05, 3.63) is 29.5 Å². The van der Waals surface area contributed by atoms with Crippen LogP contribution in [-0.2, 0) is 6.54 Å². The van der Waals surface area contributed by atoms with Gasteiger partial charge >= 0.3 is 0 Å². The Morgan fingerprint density at radius 2 is 1.91 bits per heavy atom. The first kappa shape index (κ1) is 16.5. The molecule has 1 saturated heterocycles. The Kier molecular flexibility index (Phi) is 4.52. The summed E-state index contributed by atoms with van der Waals surface area (Å²) in [7, 11) is 8.67. The molecule has 1 fully saturated rings. The van der Waals surface area contributed by atoms with Crippen molar-refractivity contribution < 1.29 is 4.74 Å². The van der Waals surface area contributed by atoms with Gasteiger partial charge in [-0.05, 0) is 24.6 Å². The number of hydrogen-bond donors (Lipinski definition) is 1. The van der Waals surface area contributed by atoms with Crippen LogP contribution in [0.3, 0.4) is 0 Å². The number of fused-ring (bicyclic) bond motifs is 1. The van der Waals surface area contributed by atoms with Crippen LogP contribution in [0.4, 0.5) is 0 Å². The van der Waals surface area contributed by atoms with Gasteiger partial charge in [0.05, 0.1) is 7.11 Å². The number of rotatable bonds is 4. The van der Waals surface area contributed by atoms with E-state index in [9.17, 15) is 0 Å². The molecule has 0 spiro atoms. The van der Waals surface area contributed by atoms with E-state index in [0.29, 0.717) is 0 Å². The third kappa shape index (κ3) is 3.31. The van der Waals surface area contributed by atoms with Crippen LogP contribution in [0, 0.1) is 6.92 Å². The predicted octanol–water partition coefficient (Wildman–Crippen LogP) is -0.887. The number of ether oxygens (including phenoxy) is 1. The smallest absolute Gasteiger partial charge is 0.124 e. The van der Waals surface area contributed by atoms with Gasteiger partial charge in [-0.3, -0.25) is 4.90 Å². The van der Waals surface area contributed by atoms with E-state index in [4.69, 9.17) is 4.74 Å². The van der Waals surface area contributed by atoms with E-state index in [1.54, 1.807) is 7.11 Å². The fraction of sp³-hybridized carbons (Fsp3) is 0.500. The van der Waals surface area contributed by atoms with Gasteiger partial charge < -0.3 is 14.6 Å². The summed E-state index contributed by atoms with van der Waals surface area (Å²) in [4.78, 5) is 8.48. The summed E-state index contributed by atoms with van der Waals surface area (Å²) in [5.41, 5.74) is 3.77. The van der Waals surface area contributed by atoms with E-state index in [1.165, 1.54) is 22.0 Å². The molecule has 2 heterocycles. The molecule has 0 amide bonds. The lowest BCUT2D eigenvalue weighted by molar-refractivity contribution is 0.124. The maximum Gasteiger partial charge on any atom is 0.124 e. The molecule has 3 rings (SSSR count). The summed E-state index contributed by atoms with van der Waals surface area (Å²) in [6, 6.07) is 4.32. The summed E-state index contributed by atoms with van der Waals surface area (Å²) in [5, 5.41) is 1.56. The number of piperazine rings is 1. The minimum atomic E-state index is 0.265. The predicted molar refractivity (Wildman–Crippen MR) is 105 cm³/mol. The molecule has 0 saturated carbocycles. The first-order chi connectivity index (χ1) is 10.9. The average Bonchev–Trinajstić information content (AvgIpc) is 2.99. The van der Waals surface area contributed by atoms with Crippen LogP contribution >= 0.6 is 0 Å². The highest BCUT2D eigenvalue weighted by Crippen LogP contribution is 2.31. The maximum atomic E-state index is 5.67. The van der Waals surface area contributed by atoms with Gasteiger partial charge in [0.15, 0.2) is 0 Å². The number of aromatic amines is 1. The first-order valence-electron chi connectivity index (χ1n) is 8.51. The van der Waals surface area contributed by atoms with Crippen molar-refractivity contribution in [2.24, 2.45) is 0 Å². The lowest BCUT2D eigenvalue weighted by Crippen LogP contribution is -2.58. The number of hydrogen-bond acceptors (Lipinski definition) is 3. The summed E-state index contributed by atoms with van der Waals surface area (Å²) in [6.07, 6.45) is 2.03. The van der Waals surface area contributed by atoms with Crippen molar-refractivity contribution >= 4 is 34.4 Å². The number of nitrogens with zero attached hydrogens (tertiary/aromatic N) is 2. The number of H-pyrrole nitrogens is 1. The largest absolute Gasteiger partial charge is 0.496 e. The maximum absolute atomic E-state index is 5.67. The minimum Gasteiger partial charge on any atom is -0.496 e. The van der Waals surface area contributed by atoms with E-state index < -0.39 is 0 Å². The molecular weight excluding hydrogens is 283 g/mol. The van der Waals surface area contributed by atoms with Crippen molar-refractivity contribution in [3.8, 4) is 5.75 Å². The Balaban J connectivity index is 1.80. The molecule has 0 bridgehead atoms. The van der Waals surface area contributed by atoms with Crippen LogP contribution in [0.25, 0.3) is 10.9 Å². The Morgan fingerprint density at radius 3 is 2.52 bits per heavy atom. The third-order valence-corrected chi connectivity index (χ3v) is 5.03. The number of benzene rings is 1. The van der Waals surface area contributed by atoms with Crippen LogP contribution in [0.2, 0.25) is 0 Å². The highest BCUT2D eigenvalue weighted by atomic mass is 16.5. The molecule has 7 heteroatoms. The van der Waals surface area contributed by atoms with Gasteiger partial charge in [0.2, 0.25) is 0 Å². The zero-order valence-corrected chi connectivity index (χ0v) is 15.1. The lowest BCUT2D eigenvalue weighted by Gasteiger charge is -2.43. The van der Waals surface area contributed by atoms with Gasteiger partial charge in [0.1, 0.15) is 29.3 Å². The molecule has 1 aliphatic heterocycles. The van der Waals surface area contributed by atoms with Crippen molar-refractivity contribution in [2.45, 2.75) is 18.7 Å². The summed E-state index contributed by atoms with van der Waals surface area (Å²) >= 11 is 0. The van der Waals surface area contributed by atoms with Crippen molar-refractivity contribution in [1.82, 2.24) is 14.8 Å². The molecule has 1 aromatic heterocycles. The van der Waals surface area contributed by atoms with Crippen LogP contribution in [0.1, 0.15) is 11.1 Å². The van der Waals surface area contributed by atoms with Gasteiger partial charge in [-0.25, -0.2) is 0 Å². The minimum absolute atomic E-state index is 0.265. The number of aryl methyl sites for hydroxylation is 1. The fourth-order valence-electron chi connectivity index (χ4n) is 3.58. The quantitative estimate of drug-likeness (QED) is 0.744. The molecule has 23 heavy (non-hydrogen) atoms. The second-order valence-corrected chi connectivity index (χ2v) is 7.57. The molecule has 0 atom stereocenters. The van der Waals surface area contributed by atoms with Gasteiger partial charge in [-0.2, -0.15) is 0 Å². The monoisotopic (exact) mass is 309 g/mol. The second-order valence-electron chi connectivity index (χ2n) is 7.57. The highest BCUT2D eigenvalue weighted by molar-refractivity contribution is 6.59. The standard InChI is InChI=1S/C16H26B3N3O/c1-11-9-14(23-2)13(12-3-4-20-15(11)12)10-21-5-7-22(8-6-21)16(17,18)19/h3-4,9,20H,5-8,10,17-19H2,1-2H3. The molecule has 1 aliphatic rings. The van der Waals surface area contributed by atoms with E-state index in [0.717, 1.165) is 38.5 Å². The van der Waals surface area contributed by atoms with E-state index >= 15 is 0 Å². The van der Waals surface area contributed by atoms with Gasteiger partial charge in [-0.15, -0.1) is 0 Å². The van der Waals surface area contributed by atoms with Crippen molar-refractivity contribution in [3.63, 3.8) is 0 Å². The van der Waals surface area contributed by atoms with E-state index in [-0.39, 0.29) is 5.24 Å². The van der Waals surface area contributed by atoms with Crippen LogP contribution in [-0.4, -0.2) is 76.8 Å². The van der Waals surface area contributed by atoms with Crippen LogP contribution < -0.4 is 4.74 Å². The molecule has 120 valence electrons.